The normalized spacial score (nSPS) is 11.4. The first kappa shape index (κ1) is 14.1. The first-order valence-electron chi connectivity index (χ1n) is 6.17. The second-order valence-electron chi connectivity index (χ2n) is 4.28. The molecule has 3 aromatic rings. The second-order valence-corrected chi connectivity index (χ2v) is 5.23. The SMILES string of the molecule is COc1ccc(/C=N/Nc2nnc(C)n2N)c2sc(=O)oc12. The fraction of sp³-hybridized carbons (Fsp3) is 0.167. The van der Waals surface area contributed by atoms with Crippen molar-refractivity contribution in [1.82, 2.24) is 14.9 Å². The molecule has 22 heavy (non-hydrogen) atoms. The zero-order chi connectivity index (χ0) is 15.7. The maximum absolute atomic E-state index is 11.4. The number of nitrogens with zero attached hydrogens (tertiary/aromatic N) is 4. The zero-order valence-corrected chi connectivity index (χ0v) is 12.5. The number of aromatic nitrogens is 3. The third kappa shape index (κ3) is 2.39. The smallest absolute Gasteiger partial charge is 0.396 e. The molecule has 0 aliphatic carbocycles. The molecule has 0 aliphatic rings. The number of anilines is 1. The highest BCUT2D eigenvalue weighted by molar-refractivity contribution is 7.16. The van der Waals surface area contributed by atoms with Gasteiger partial charge >= 0.3 is 4.94 Å². The van der Waals surface area contributed by atoms with Crippen LogP contribution < -0.4 is 20.9 Å². The second kappa shape index (κ2) is 5.48. The highest BCUT2D eigenvalue weighted by atomic mass is 32.1. The van der Waals surface area contributed by atoms with Gasteiger partial charge in [0.05, 0.1) is 18.0 Å². The molecule has 9 nitrogen and oxygen atoms in total. The molecule has 0 spiro atoms. The quantitative estimate of drug-likeness (QED) is 0.416. The molecule has 0 atom stereocenters. The lowest BCUT2D eigenvalue weighted by Gasteiger charge is -2.02. The van der Waals surface area contributed by atoms with Gasteiger partial charge in [-0.15, -0.1) is 10.2 Å². The maximum atomic E-state index is 11.4. The van der Waals surface area contributed by atoms with Gasteiger partial charge in [0.2, 0.25) is 0 Å². The molecule has 1 aromatic carbocycles. The Morgan fingerprint density at radius 1 is 1.50 bits per heavy atom. The van der Waals surface area contributed by atoms with Gasteiger partial charge in [0, 0.05) is 5.56 Å². The summed E-state index contributed by atoms with van der Waals surface area (Å²) >= 11 is 0.983. The number of methoxy groups -OCH3 is 1. The molecule has 0 amide bonds. The summed E-state index contributed by atoms with van der Waals surface area (Å²) in [6.07, 6.45) is 1.54. The average Bonchev–Trinajstić information content (AvgIpc) is 3.04. The van der Waals surface area contributed by atoms with E-state index in [1.165, 1.54) is 18.0 Å². The number of hydrogen-bond acceptors (Lipinski definition) is 9. The summed E-state index contributed by atoms with van der Waals surface area (Å²) in [6, 6.07) is 3.48. The Kier molecular flexibility index (Phi) is 3.51. The lowest BCUT2D eigenvalue weighted by molar-refractivity contribution is 0.408. The molecule has 10 heteroatoms. The summed E-state index contributed by atoms with van der Waals surface area (Å²) in [4.78, 5) is 11.0. The van der Waals surface area contributed by atoms with Gasteiger partial charge in [-0.1, -0.05) is 11.3 Å². The summed E-state index contributed by atoms with van der Waals surface area (Å²) in [5.41, 5.74) is 3.79. The van der Waals surface area contributed by atoms with Crippen molar-refractivity contribution in [3.63, 3.8) is 0 Å². The van der Waals surface area contributed by atoms with Crippen molar-refractivity contribution >= 4 is 33.8 Å². The van der Waals surface area contributed by atoms with E-state index >= 15 is 0 Å². The molecule has 0 fully saturated rings. The van der Waals surface area contributed by atoms with Crippen LogP contribution in [0.15, 0.2) is 26.4 Å². The number of ether oxygens (including phenoxy) is 1. The van der Waals surface area contributed by atoms with Crippen LogP contribution in [0.5, 0.6) is 5.75 Å². The van der Waals surface area contributed by atoms with Crippen molar-refractivity contribution in [2.75, 3.05) is 18.4 Å². The fourth-order valence-corrected chi connectivity index (χ4v) is 2.58. The Labute approximate surface area is 128 Å². The van der Waals surface area contributed by atoms with Crippen molar-refractivity contribution < 1.29 is 9.15 Å². The first-order chi connectivity index (χ1) is 10.6. The van der Waals surface area contributed by atoms with Gasteiger partial charge in [0.1, 0.15) is 0 Å². The fourth-order valence-electron chi connectivity index (χ4n) is 1.82. The van der Waals surface area contributed by atoms with Crippen molar-refractivity contribution in [3.8, 4) is 5.75 Å². The predicted octanol–water partition coefficient (Wildman–Crippen LogP) is 0.923. The minimum Gasteiger partial charge on any atom is -0.493 e. The van der Waals surface area contributed by atoms with Crippen LogP contribution >= 0.6 is 11.3 Å². The third-order valence-corrected chi connectivity index (χ3v) is 3.81. The van der Waals surface area contributed by atoms with Crippen molar-refractivity contribution in [1.29, 1.82) is 0 Å². The minimum atomic E-state index is -0.403. The highest BCUT2D eigenvalue weighted by Gasteiger charge is 2.12. The summed E-state index contributed by atoms with van der Waals surface area (Å²) in [7, 11) is 1.51. The maximum Gasteiger partial charge on any atom is 0.396 e. The van der Waals surface area contributed by atoms with Crippen molar-refractivity contribution in [2.45, 2.75) is 6.92 Å². The molecule has 2 heterocycles. The largest absolute Gasteiger partial charge is 0.493 e. The average molecular weight is 320 g/mol. The lowest BCUT2D eigenvalue weighted by atomic mass is 10.2. The Morgan fingerprint density at radius 3 is 3.00 bits per heavy atom. The molecule has 0 saturated carbocycles. The van der Waals surface area contributed by atoms with Crippen molar-refractivity contribution in [3.05, 3.63) is 33.3 Å². The van der Waals surface area contributed by atoms with E-state index in [2.05, 4.69) is 20.7 Å². The molecular weight excluding hydrogens is 308 g/mol. The number of nitrogens with two attached hydrogens (primary N) is 1. The van der Waals surface area contributed by atoms with Crippen LogP contribution in [0.25, 0.3) is 10.3 Å². The summed E-state index contributed by atoms with van der Waals surface area (Å²) in [5.74, 6) is 7.05. The molecule has 0 radical (unpaired) electrons. The molecule has 0 unspecified atom stereocenters. The molecule has 3 rings (SSSR count). The van der Waals surface area contributed by atoms with Crippen molar-refractivity contribution in [2.24, 2.45) is 5.10 Å². The predicted molar refractivity (Wildman–Crippen MR) is 83.0 cm³/mol. The monoisotopic (exact) mass is 320 g/mol. The Bertz CT molecular complexity index is 909. The van der Waals surface area contributed by atoms with Crippen LogP contribution in [-0.2, 0) is 0 Å². The van der Waals surface area contributed by atoms with Gasteiger partial charge in [-0.05, 0) is 19.1 Å². The van der Waals surface area contributed by atoms with Gasteiger partial charge in [-0.3, -0.25) is 0 Å². The Hall–Kier alpha value is -2.88. The molecule has 0 saturated heterocycles. The van der Waals surface area contributed by atoms with Crippen LogP contribution in [0.3, 0.4) is 0 Å². The number of hydrogen-bond donors (Lipinski definition) is 2. The van der Waals surface area contributed by atoms with Crippen LogP contribution in [0.1, 0.15) is 11.4 Å². The van der Waals surface area contributed by atoms with E-state index in [-0.39, 0.29) is 0 Å². The summed E-state index contributed by atoms with van der Waals surface area (Å²) in [5, 5.41) is 11.7. The number of rotatable bonds is 4. The minimum absolute atomic E-state index is 0.305. The molecule has 0 aliphatic heterocycles. The Balaban J connectivity index is 1.92. The van der Waals surface area contributed by atoms with Gasteiger partial charge < -0.3 is 15.0 Å². The number of nitrogen functional groups attached to an aromatic ring is 1. The van der Waals surface area contributed by atoms with Crippen LogP contribution in [-0.4, -0.2) is 28.2 Å². The molecule has 3 N–H and O–H groups in total. The molecule has 114 valence electrons. The lowest BCUT2D eigenvalue weighted by Crippen LogP contribution is -2.13. The zero-order valence-electron chi connectivity index (χ0n) is 11.7. The van der Waals surface area contributed by atoms with E-state index in [9.17, 15) is 4.79 Å². The third-order valence-electron chi connectivity index (χ3n) is 2.93. The van der Waals surface area contributed by atoms with Gasteiger partial charge in [-0.2, -0.15) is 5.10 Å². The number of fused-ring (bicyclic) bond motifs is 1. The summed E-state index contributed by atoms with van der Waals surface area (Å²) in [6.45, 7) is 1.72. The summed E-state index contributed by atoms with van der Waals surface area (Å²) < 4.78 is 12.2. The molecule has 0 bridgehead atoms. The van der Waals surface area contributed by atoms with E-state index in [4.69, 9.17) is 15.0 Å². The number of aryl methyl sites for hydroxylation is 1. The van der Waals surface area contributed by atoms with Crippen LogP contribution in [0.4, 0.5) is 5.95 Å². The molecular formula is C12H12N6O3S. The van der Waals surface area contributed by atoms with E-state index in [1.54, 1.807) is 19.1 Å². The Morgan fingerprint density at radius 2 is 2.32 bits per heavy atom. The van der Waals surface area contributed by atoms with Gasteiger partial charge in [0.15, 0.2) is 17.2 Å². The first-order valence-corrected chi connectivity index (χ1v) is 6.98. The van der Waals surface area contributed by atoms with E-state index in [0.717, 1.165) is 11.3 Å². The number of nitrogens with one attached hydrogen (secondary N) is 1. The van der Waals surface area contributed by atoms with Crippen LogP contribution in [0.2, 0.25) is 0 Å². The van der Waals surface area contributed by atoms with Crippen LogP contribution in [0, 0.1) is 6.92 Å². The highest BCUT2D eigenvalue weighted by Crippen LogP contribution is 2.29. The van der Waals surface area contributed by atoms with E-state index in [0.29, 0.717) is 33.4 Å². The standard InChI is InChI=1S/C12H12N6O3S/c1-6-15-17-11(18(6)13)16-14-5-7-3-4-8(20-2)9-10(7)22-12(19)21-9/h3-5H,13H2,1-2H3,(H,16,17)/b14-5+. The van der Waals surface area contributed by atoms with Gasteiger partial charge in [0.25, 0.3) is 5.95 Å². The van der Waals surface area contributed by atoms with E-state index < -0.39 is 4.94 Å². The number of hydrazone groups is 1. The van der Waals surface area contributed by atoms with E-state index in [1.807, 2.05) is 0 Å². The number of benzene rings is 1. The topological polar surface area (TPSA) is 121 Å². The van der Waals surface area contributed by atoms with Gasteiger partial charge in [-0.25, -0.2) is 14.9 Å². The molecule has 2 aromatic heterocycles.